The second kappa shape index (κ2) is 6.47. The van der Waals surface area contributed by atoms with Crippen molar-refractivity contribution in [2.75, 3.05) is 18.6 Å². The van der Waals surface area contributed by atoms with E-state index >= 15 is 0 Å². The number of thioether (sulfide) groups is 1. The maximum Gasteiger partial charge on any atom is 0.251 e. The molecule has 1 heterocycles. The van der Waals surface area contributed by atoms with Gasteiger partial charge in [-0.3, -0.25) is 4.79 Å². The molecule has 0 aliphatic heterocycles. The molecule has 3 N–H and O–H groups in total. The van der Waals surface area contributed by atoms with Crippen molar-refractivity contribution in [2.45, 2.75) is 12.7 Å². The van der Waals surface area contributed by atoms with Gasteiger partial charge in [0.2, 0.25) is 0 Å². The molecule has 0 unspecified atom stereocenters. The second-order valence-electron chi connectivity index (χ2n) is 4.17. The minimum atomic E-state index is -0.175. The van der Waals surface area contributed by atoms with Gasteiger partial charge in [0.1, 0.15) is 11.6 Å². The van der Waals surface area contributed by atoms with Crippen molar-refractivity contribution in [3.05, 3.63) is 40.4 Å². The van der Waals surface area contributed by atoms with Gasteiger partial charge in [-0.05, 0) is 24.0 Å². The van der Waals surface area contributed by atoms with E-state index in [2.05, 4.69) is 16.9 Å². The van der Waals surface area contributed by atoms with Gasteiger partial charge >= 0.3 is 0 Å². The highest BCUT2D eigenvalue weighted by Crippen LogP contribution is 2.30. The Balaban J connectivity index is 2.49. The molecule has 5 nitrogen and oxygen atoms in total. The third-order valence-electron chi connectivity index (χ3n) is 2.73. The standard InChI is InChI=1S/C14H17N3O2S/c1-3-20-8-13-16-11(7-14(18)17-13)10-6-9(15)4-5-12(10)19-2/h4-7H,3,8,15H2,1-2H3,(H,16,17,18). The van der Waals surface area contributed by atoms with Gasteiger partial charge in [-0.15, -0.1) is 0 Å². The zero-order chi connectivity index (χ0) is 14.5. The van der Waals surface area contributed by atoms with Crippen LogP contribution in [-0.4, -0.2) is 22.8 Å². The summed E-state index contributed by atoms with van der Waals surface area (Å²) in [7, 11) is 1.58. The fraction of sp³-hybridized carbons (Fsp3) is 0.286. The van der Waals surface area contributed by atoms with Crippen LogP contribution in [-0.2, 0) is 5.75 Å². The van der Waals surface area contributed by atoms with Gasteiger partial charge in [0.05, 0.1) is 18.6 Å². The molecule has 6 heteroatoms. The molecule has 0 amide bonds. The number of nitrogens with zero attached hydrogens (tertiary/aromatic N) is 1. The molecule has 0 bridgehead atoms. The Labute approximate surface area is 121 Å². The Morgan fingerprint density at radius 2 is 2.20 bits per heavy atom. The van der Waals surface area contributed by atoms with E-state index in [-0.39, 0.29) is 5.56 Å². The molecule has 0 radical (unpaired) electrons. The number of aromatic amines is 1. The molecular formula is C14H17N3O2S. The predicted molar refractivity (Wildman–Crippen MR) is 83.1 cm³/mol. The molecule has 0 atom stereocenters. The van der Waals surface area contributed by atoms with Gasteiger partial charge in [-0.2, -0.15) is 11.8 Å². The van der Waals surface area contributed by atoms with E-state index in [0.29, 0.717) is 28.7 Å². The lowest BCUT2D eigenvalue weighted by Crippen LogP contribution is -2.11. The number of hydrogen-bond donors (Lipinski definition) is 2. The number of rotatable bonds is 5. The lowest BCUT2D eigenvalue weighted by atomic mass is 10.1. The van der Waals surface area contributed by atoms with Crippen molar-refractivity contribution < 1.29 is 4.74 Å². The molecule has 0 saturated carbocycles. The van der Waals surface area contributed by atoms with Crippen molar-refractivity contribution >= 4 is 17.4 Å². The molecule has 106 valence electrons. The number of nitrogen functional groups attached to an aromatic ring is 1. The first-order valence-electron chi connectivity index (χ1n) is 6.26. The summed E-state index contributed by atoms with van der Waals surface area (Å²) in [5, 5.41) is 0. The molecule has 2 rings (SSSR count). The van der Waals surface area contributed by atoms with Crippen LogP contribution in [0.1, 0.15) is 12.7 Å². The van der Waals surface area contributed by atoms with Crippen LogP contribution in [0, 0.1) is 0 Å². The molecule has 0 spiro atoms. The molecule has 0 saturated heterocycles. The summed E-state index contributed by atoms with van der Waals surface area (Å²) >= 11 is 1.70. The van der Waals surface area contributed by atoms with Gasteiger partial charge < -0.3 is 15.5 Å². The minimum Gasteiger partial charge on any atom is -0.496 e. The summed E-state index contributed by atoms with van der Waals surface area (Å²) in [6.45, 7) is 2.06. The molecule has 20 heavy (non-hydrogen) atoms. The van der Waals surface area contributed by atoms with Gasteiger partial charge in [0.15, 0.2) is 0 Å². The van der Waals surface area contributed by atoms with E-state index in [1.807, 2.05) is 0 Å². The van der Waals surface area contributed by atoms with E-state index in [0.717, 1.165) is 11.3 Å². The normalized spacial score (nSPS) is 10.5. The van der Waals surface area contributed by atoms with Crippen molar-refractivity contribution in [1.29, 1.82) is 0 Å². The highest BCUT2D eigenvalue weighted by Gasteiger charge is 2.10. The van der Waals surface area contributed by atoms with Crippen LogP contribution in [0.5, 0.6) is 5.75 Å². The van der Waals surface area contributed by atoms with Crippen LogP contribution in [0.4, 0.5) is 5.69 Å². The number of methoxy groups -OCH3 is 1. The number of benzene rings is 1. The molecule has 0 aliphatic rings. The Morgan fingerprint density at radius 1 is 1.40 bits per heavy atom. The van der Waals surface area contributed by atoms with E-state index in [4.69, 9.17) is 10.5 Å². The van der Waals surface area contributed by atoms with E-state index < -0.39 is 0 Å². The third kappa shape index (κ3) is 3.33. The first-order chi connectivity index (χ1) is 9.63. The second-order valence-corrected chi connectivity index (χ2v) is 5.45. The van der Waals surface area contributed by atoms with Crippen LogP contribution in [0.15, 0.2) is 29.1 Å². The smallest absolute Gasteiger partial charge is 0.251 e. The van der Waals surface area contributed by atoms with Crippen molar-refractivity contribution in [2.24, 2.45) is 0 Å². The van der Waals surface area contributed by atoms with Crippen LogP contribution < -0.4 is 16.0 Å². The zero-order valence-corrected chi connectivity index (χ0v) is 12.3. The van der Waals surface area contributed by atoms with Crippen LogP contribution in [0.3, 0.4) is 0 Å². The third-order valence-corrected chi connectivity index (χ3v) is 3.62. The van der Waals surface area contributed by atoms with Gasteiger partial charge in [0, 0.05) is 17.3 Å². The molecule has 0 aliphatic carbocycles. The first kappa shape index (κ1) is 14.5. The van der Waals surface area contributed by atoms with Gasteiger partial charge in [-0.1, -0.05) is 6.92 Å². The Morgan fingerprint density at radius 3 is 2.90 bits per heavy atom. The average molecular weight is 291 g/mol. The largest absolute Gasteiger partial charge is 0.496 e. The summed E-state index contributed by atoms with van der Waals surface area (Å²) in [5.74, 6) is 2.94. The SMILES string of the molecule is CCSCc1nc(-c2cc(N)ccc2OC)cc(=O)[nH]1. The number of anilines is 1. The van der Waals surface area contributed by atoms with Crippen molar-refractivity contribution in [3.63, 3.8) is 0 Å². The minimum absolute atomic E-state index is 0.175. The Kier molecular flexibility index (Phi) is 4.68. The highest BCUT2D eigenvalue weighted by atomic mass is 32.2. The summed E-state index contributed by atoms with van der Waals surface area (Å²) in [6, 6.07) is 6.74. The fourth-order valence-corrected chi connectivity index (χ4v) is 2.37. The highest BCUT2D eigenvalue weighted by molar-refractivity contribution is 7.98. The molecule has 1 aromatic carbocycles. The van der Waals surface area contributed by atoms with Gasteiger partial charge in [-0.25, -0.2) is 4.98 Å². The quantitative estimate of drug-likeness (QED) is 0.826. The van der Waals surface area contributed by atoms with Crippen LogP contribution >= 0.6 is 11.8 Å². The summed E-state index contributed by atoms with van der Waals surface area (Å²) in [5.41, 5.74) is 7.53. The van der Waals surface area contributed by atoms with Crippen molar-refractivity contribution in [1.82, 2.24) is 9.97 Å². The van der Waals surface area contributed by atoms with Crippen molar-refractivity contribution in [3.8, 4) is 17.0 Å². The number of nitrogens with one attached hydrogen (secondary N) is 1. The Hall–Kier alpha value is -1.95. The summed E-state index contributed by atoms with van der Waals surface area (Å²) in [6.07, 6.45) is 0. The number of H-pyrrole nitrogens is 1. The van der Waals surface area contributed by atoms with Crippen LogP contribution in [0.2, 0.25) is 0 Å². The number of hydrogen-bond acceptors (Lipinski definition) is 5. The van der Waals surface area contributed by atoms with E-state index in [1.54, 1.807) is 37.1 Å². The number of nitrogens with two attached hydrogens (primary N) is 1. The lowest BCUT2D eigenvalue weighted by molar-refractivity contribution is 0.416. The van der Waals surface area contributed by atoms with Crippen LogP contribution in [0.25, 0.3) is 11.3 Å². The van der Waals surface area contributed by atoms with E-state index in [9.17, 15) is 4.79 Å². The summed E-state index contributed by atoms with van der Waals surface area (Å²) in [4.78, 5) is 19.0. The number of ether oxygens (including phenoxy) is 1. The zero-order valence-electron chi connectivity index (χ0n) is 11.5. The fourth-order valence-electron chi connectivity index (χ4n) is 1.84. The predicted octanol–water partition coefficient (Wildman–Crippen LogP) is 2.28. The topological polar surface area (TPSA) is 81.0 Å². The molecule has 2 aromatic rings. The average Bonchev–Trinajstić information content (AvgIpc) is 2.44. The molecule has 0 fully saturated rings. The molecular weight excluding hydrogens is 274 g/mol. The lowest BCUT2D eigenvalue weighted by Gasteiger charge is -2.09. The number of aromatic nitrogens is 2. The Bertz CT molecular complexity index is 655. The molecule has 1 aromatic heterocycles. The van der Waals surface area contributed by atoms with E-state index in [1.165, 1.54) is 6.07 Å². The monoisotopic (exact) mass is 291 g/mol. The summed E-state index contributed by atoms with van der Waals surface area (Å²) < 4.78 is 5.30. The maximum atomic E-state index is 11.8. The van der Waals surface area contributed by atoms with Gasteiger partial charge in [0.25, 0.3) is 5.56 Å². The maximum absolute atomic E-state index is 11.8. The first-order valence-corrected chi connectivity index (χ1v) is 7.41.